The molecule has 1 aromatic rings. The average molecular weight is 146 g/mol. The highest BCUT2D eigenvalue weighted by Crippen LogP contribution is 2.24. The van der Waals surface area contributed by atoms with Gasteiger partial charge in [0.1, 0.15) is 5.76 Å². The van der Waals surface area contributed by atoms with Crippen molar-refractivity contribution in [2.75, 3.05) is 0 Å². The molecule has 0 aromatic heterocycles. The molecule has 0 saturated carbocycles. The van der Waals surface area contributed by atoms with E-state index in [1.165, 1.54) is 6.08 Å². The Morgan fingerprint density at radius 3 is 2.36 bits per heavy atom. The van der Waals surface area contributed by atoms with Gasteiger partial charge < -0.3 is 5.11 Å². The summed E-state index contributed by atoms with van der Waals surface area (Å²) in [6, 6.07) is 7.01. The van der Waals surface area contributed by atoms with E-state index in [0.29, 0.717) is 11.1 Å². The summed E-state index contributed by atoms with van der Waals surface area (Å²) in [5, 5.41) is 9.19. The predicted molar refractivity (Wildman–Crippen MR) is 41.4 cm³/mol. The lowest BCUT2D eigenvalue weighted by atomic mass is 10.1. The zero-order chi connectivity index (χ0) is 7.84. The molecule has 1 aromatic carbocycles. The Hall–Kier alpha value is -1.57. The third-order valence-corrected chi connectivity index (χ3v) is 1.74. The van der Waals surface area contributed by atoms with Crippen molar-refractivity contribution < 1.29 is 9.90 Å². The first-order valence-electron chi connectivity index (χ1n) is 3.33. The third-order valence-electron chi connectivity index (χ3n) is 1.74. The summed E-state index contributed by atoms with van der Waals surface area (Å²) < 4.78 is 0. The fraction of sp³-hybridized carbons (Fsp3) is 0. The molecular formula is C9H6O2. The topological polar surface area (TPSA) is 37.3 Å². The summed E-state index contributed by atoms with van der Waals surface area (Å²) in [7, 11) is 0. The first-order chi connectivity index (χ1) is 5.29. The highest BCUT2D eigenvalue weighted by Gasteiger charge is 2.18. The van der Waals surface area contributed by atoms with Gasteiger partial charge in [0.25, 0.3) is 0 Å². The van der Waals surface area contributed by atoms with Gasteiger partial charge in [0.15, 0.2) is 5.78 Å². The lowest BCUT2D eigenvalue weighted by Crippen LogP contribution is -1.89. The van der Waals surface area contributed by atoms with Crippen LogP contribution in [0.5, 0.6) is 0 Å². The van der Waals surface area contributed by atoms with Gasteiger partial charge in [-0.25, -0.2) is 0 Å². The molecule has 2 rings (SSSR count). The minimum Gasteiger partial charge on any atom is -0.507 e. The van der Waals surface area contributed by atoms with Crippen LogP contribution in [0.15, 0.2) is 30.3 Å². The van der Waals surface area contributed by atoms with Gasteiger partial charge in [0, 0.05) is 17.2 Å². The van der Waals surface area contributed by atoms with E-state index in [9.17, 15) is 9.90 Å². The zero-order valence-electron chi connectivity index (χ0n) is 5.74. The van der Waals surface area contributed by atoms with Gasteiger partial charge in [-0.3, -0.25) is 4.79 Å². The summed E-state index contributed by atoms with van der Waals surface area (Å²) in [4.78, 5) is 11.0. The van der Waals surface area contributed by atoms with Gasteiger partial charge >= 0.3 is 0 Å². The SMILES string of the molecule is O=C1C=C(O)c2ccccc21. The number of carbonyl (C=O) groups is 1. The molecule has 2 heteroatoms. The lowest BCUT2D eigenvalue weighted by Gasteiger charge is -1.95. The molecule has 11 heavy (non-hydrogen) atoms. The van der Waals surface area contributed by atoms with Crippen LogP contribution in [0, 0.1) is 0 Å². The number of aliphatic hydroxyl groups excluding tert-OH is 1. The molecule has 0 fully saturated rings. The van der Waals surface area contributed by atoms with Crippen molar-refractivity contribution >= 4 is 11.5 Å². The van der Waals surface area contributed by atoms with Crippen molar-refractivity contribution in [2.24, 2.45) is 0 Å². The molecule has 0 amide bonds. The summed E-state index contributed by atoms with van der Waals surface area (Å²) in [6.07, 6.45) is 1.24. The molecule has 0 heterocycles. The number of hydrogen-bond acceptors (Lipinski definition) is 2. The molecule has 0 unspecified atom stereocenters. The van der Waals surface area contributed by atoms with Crippen LogP contribution in [-0.4, -0.2) is 10.9 Å². The molecule has 2 nitrogen and oxygen atoms in total. The van der Waals surface area contributed by atoms with Crippen LogP contribution in [0.3, 0.4) is 0 Å². The summed E-state index contributed by atoms with van der Waals surface area (Å²) >= 11 is 0. The monoisotopic (exact) mass is 146 g/mol. The Kier molecular flexibility index (Phi) is 1.09. The fourth-order valence-electron chi connectivity index (χ4n) is 1.20. The van der Waals surface area contributed by atoms with Crippen molar-refractivity contribution in [1.29, 1.82) is 0 Å². The third kappa shape index (κ3) is 0.759. The quantitative estimate of drug-likeness (QED) is 0.605. The minimum atomic E-state index is -0.113. The van der Waals surface area contributed by atoms with E-state index in [2.05, 4.69) is 0 Å². The van der Waals surface area contributed by atoms with E-state index in [-0.39, 0.29) is 11.5 Å². The van der Waals surface area contributed by atoms with Gasteiger partial charge in [-0.1, -0.05) is 24.3 Å². The number of carbonyl (C=O) groups excluding carboxylic acids is 1. The number of allylic oxidation sites excluding steroid dienone is 1. The second kappa shape index (κ2) is 1.95. The van der Waals surface area contributed by atoms with Gasteiger partial charge in [0.2, 0.25) is 0 Å². The lowest BCUT2D eigenvalue weighted by molar-refractivity contribution is 0.104. The fourth-order valence-corrected chi connectivity index (χ4v) is 1.20. The Morgan fingerprint density at radius 2 is 1.73 bits per heavy atom. The van der Waals surface area contributed by atoms with E-state index in [0.717, 1.165) is 0 Å². The van der Waals surface area contributed by atoms with Crippen LogP contribution in [0.25, 0.3) is 5.76 Å². The Morgan fingerprint density at radius 1 is 1.09 bits per heavy atom. The van der Waals surface area contributed by atoms with E-state index < -0.39 is 0 Å². The molecule has 0 aliphatic heterocycles. The summed E-state index contributed by atoms with van der Waals surface area (Å²) in [5.74, 6) is -0.0382. The first kappa shape index (κ1) is 6.16. The molecule has 0 radical (unpaired) electrons. The minimum absolute atomic E-state index is 0.0746. The number of benzene rings is 1. The van der Waals surface area contributed by atoms with Crippen LogP contribution in [-0.2, 0) is 0 Å². The normalized spacial score (nSPS) is 14.5. The maximum Gasteiger partial charge on any atom is 0.190 e. The van der Waals surface area contributed by atoms with Crippen molar-refractivity contribution in [2.45, 2.75) is 0 Å². The second-order valence-electron chi connectivity index (χ2n) is 2.44. The number of aliphatic hydroxyl groups is 1. The standard InChI is InChI=1S/C9H6O2/c10-8-5-9(11)7-4-2-1-3-6(7)8/h1-5,10H. The molecule has 0 spiro atoms. The predicted octanol–water partition coefficient (Wildman–Crippen LogP) is 1.78. The smallest absolute Gasteiger partial charge is 0.190 e. The van der Waals surface area contributed by atoms with E-state index in [1.807, 2.05) is 0 Å². The van der Waals surface area contributed by atoms with Crippen molar-refractivity contribution in [3.8, 4) is 0 Å². The highest BCUT2D eigenvalue weighted by atomic mass is 16.3. The summed E-state index contributed by atoms with van der Waals surface area (Å²) in [6.45, 7) is 0. The molecule has 1 aliphatic rings. The van der Waals surface area contributed by atoms with Crippen molar-refractivity contribution in [1.82, 2.24) is 0 Å². The maximum atomic E-state index is 11.0. The van der Waals surface area contributed by atoms with Gasteiger partial charge in [-0.05, 0) is 0 Å². The molecule has 0 bridgehead atoms. The van der Waals surface area contributed by atoms with E-state index in [4.69, 9.17) is 0 Å². The van der Waals surface area contributed by atoms with Gasteiger partial charge in [-0.15, -0.1) is 0 Å². The first-order valence-corrected chi connectivity index (χ1v) is 3.33. The summed E-state index contributed by atoms with van der Waals surface area (Å²) in [5.41, 5.74) is 1.22. The molecular weight excluding hydrogens is 140 g/mol. The molecule has 0 saturated heterocycles. The molecule has 1 aliphatic carbocycles. The maximum absolute atomic E-state index is 11.0. The number of hydrogen-bond donors (Lipinski definition) is 1. The van der Waals surface area contributed by atoms with Crippen LogP contribution in [0.1, 0.15) is 15.9 Å². The van der Waals surface area contributed by atoms with Crippen LogP contribution >= 0.6 is 0 Å². The van der Waals surface area contributed by atoms with Crippen LogP contribution in [0.4, 0.5) is 0 Å². The van der Waals surface area contributed by atoms with Crippen molar-refractivity contribution in [3.63, 3.8) is 0 Å². The number of ketones is 1. The highest BCUT2D eigenvalue weighted by molar-refractivity contribution is 6.15. The second-order valence-corrected chi connectivity index (χ2v) is 2.44. The van der Waals surface area contributed by atoms with Gasteiger partial charge in [0.05, 0.1) is 0 Å². The van der Waals surface area contributed by atoms with E-state index >= 15 is 0 Å². The Bertz CT molecular complexity index is 350. The number of rotatable bonds is 0. The van der Waals surface area contributed by atoms with Gasteiger partial charge in [-0.2, -0.15) is 0 Å². The Balaban J connectivity index is 2.71. The van der Waals surface area contributed by atoms with Crippen LogP contribution < -0.4 is 0 Å². The largest absolute Gasteiger partial charge is 0.507 e. The van der Waals surface area contributed by atoms with E-state index in [1.54, 1.807) is 24.3 Å². The Labute approximate surface area is 63.8 Å². The average Bonchev–Trinajstić information content (AvgIpc) is 2.30. The molecule has 54 valence electrons. The van der Waals surface area contributed by atoms with Crippen LogP contribution in [0.2, 0.25) is 0 Å². The van der Waals surface area contributed by atoms with Crippen molar-refractivity contribution in [3.05, 3.63) is 41.5 Å². The number of fused-ring (bicyclic) bond motifs is 1. The zero-order valence-corrected chi connectivity index (χ0v) is 5.74. The molecule has 0 atom stereocenters. The molecule has 1 N–H and O–H groups in total.